The second-order valence-corrected chi connectivity index (χ2v) is 8.94. The van der Waals surface area contributed by atoms with E-state index in [1.54, 1.807) is 30.3 Å². The van der Waals surface area contributed by atoms with Crippen LogP contribution >= 0.6 is 0 Å². The van der Waals surface area contributed by atoms with E-state index in [2.05, 4.69) is 20.9 Å². The Hall–Kier alpha value is -4.73. The van der Waals surface area contributed by atoms with Gasteiger partial charge in [-0.25, -0.2) is 4.79 Å². The molecule has 1 aromatic carbocycles. The highest BCUT2D eigenvalue weighted by atomic mass is 16.4. The molecule has 0 bridgehead atoms. The number of carboxylic acid groups (broad SMARTS) is 1. The fraction of sp³-hybridized carbons (Fsp3) is 0.458. The smallest absolute Gasteiger partial charge is 0.326 e. The summed E-state index contributed by atoms with van der Waals surface area (Å²) < 4.78 is 0. The molecule has 220 valence electrons. The molecular weight excluding hydrogens is 526 g/mol. The van der Waals surface area contributed by atoms with Gasteiger partial charge in [0.15, 0.2) is 5.96 Å². The van der Waals surface area contributed by atoms with E-state index in [0.29, 0.717) is 5.56 Å². The minimum absolute atomic E-state index is 0.00654. The van der Waals surface area contributed by atoms with Gasteiger partial charge in [0.05, 0.1) is 12.5 Å². The third kappa shape index (κ3) is 13.2. The van der Waals surface area contributed by atoms with Gasteiger partial charge in [0.25, 0.3) is 0 Å². The molecule has 0 fully saturated rings. The standard InChI is InChI=1S/C24H37N9O7/c25-14(8-9-18(26)34)20(36)32-17(12-19(27)35)22(38)33-16(11-13-5-2-1-3-6-13)21(37)31-15(23(39)40)7-4-10-30-24(28)29/h1-3,5-6,14-17H,4,7-12,25H2,(H2,26,34)(H2,27,35)(H,31,37)(H,32,36)(H,33,38)(H,39,40)(H4,28,29,30). The van der Waals surface area contributed by atoms with Crippen LogP contribution in [0.5, 0.6) is 0 Å². The van der Waals surface area contributed by atoms with Crippen molar-refractivity contribution in [2.45, 2.75) is 62.7 Å². The summed E-state index contributed by atoms with van der Waals surface area (Å²) in [5.41, 5.74) is 27.2. The highest BCUT2D eigenvalue weighted by Crippen LogP contribution is 2.07. The molecule has 40 heavy (non-hydrogen) atoms. The number of benzene rings is 1. The monoisotopic (exact) mass is 563 g/mol. The SMILES string of the molecule is NC(=O)CCC(N)C(=O)NC(CC(N)=O)C(=O)NC(Cc1ccccc1)C(=O)NC(CCCN=C(N)N)C(=O)O. The lowest BCUT2D eigenvalue weighted by Gasteiger charge is -2.25. The molecule has 0 aliphatic heterocycles. The van der Waals surface area contributed by atoms with Gasteiger partial charge >= 0.3 is 5.97 Å². The summed E-state index contributed by atoms with van der Waals surface area (Å²) >= 11 is 0. The van der Waals surface area contributed by atoms with E-state index in [9.17, 15) is 33.9 Å². The van der Waals surface area contributed by atoms with Gasteiger partial charge in [-0.1, -0.05) is 30.3 Å². The van der Waals surface area contributed by atoms with E-state index in [-0.39, 0.29) is 44.6 Å². The zero-order valence-electron chi connectivity index (χ0n) is 21.9. The number of hydrogen-bond donors (Lipinski definition) is 9. The number of nitrogens with zero attached hydrogens (tertiary/aromatic N) is 1. The van der Waals surface area contributed by atoms with Crippen molar-refractivity contribution in [2.75, 3.05) is 6.54 Å². The molecule has 0 radical (unpaired) electrons. The Morgan fingerprint density at radius 1 is 0.775 bits per heavy atom. The van der Waals surface area contributed by atoms with Crippen LogP contribution in [0.25, 0.3) is 0 Å². The number of rotatable bonds is 18. The van der Waals surface area contributed by atoms with Crippen LogP contribution in [0.3, 0.4) is 0 Å². The van der Waals surface area contributed by atoms with E-state index in [0.717, 1.165) is 0 Å². The minimum atomic E-state index is -1.51. The van der Waals surface area contributed by atoms with E-state index in [1.807, 2.05) is 0 Å². The Kier molecular flexibility index (Phi) is 14.1. The van der Waals surface area contributed by atoms with Crippen molar-refractivity contribution >= 4 is 41.5 Å². The van der Waals surface area contributed by atoms with Gasteiger partial charge in [0.1, 0.15) is 18.1 Å². The Morgan fingerprint density at radius 2 is 1.35 bits per heavy atom. The average Bonchev–Trinajstić information content (AvgIpc) is 2.87. The number of aliphatic carboxylic acids is 1. The predicted octanol–water partition coefficient (Wildman–Crippen LogP) is -3.71. The molecule has 16 heteroatoms. The molecule has 1 aromatic rings. The average molecular weight is 564 g/mol. The van der Waals surface area contributed by atoms with Crippen LogP contribution in [0.2, 0.25) is 0 Å². The molecule has 1 rings (SSSR count). The number of primary amides is 2. The van der Waals surface area contributed by atoms with Crippen molar-refractivity contribution < 1.29 is 33.9 Å². The van der Waals surface area contributed by atoms with Crippen LogP contribution in [0.15, 0.2) is 35.3 Å². The van der Waals surface area contributed by atoms with Crippen molar-refractivity contribution in [1.82, 2.24) is 16.0 Å². The number of carboxylic acids is 1. The molecule has 4 atom stereocenters. The zero-order valence-corrected chi connectivity index (χ0v) is 21.9. The topological polar surface area (TPSA) is 301 Å². The summed E-state index contributed by atoms with van der Waals surface area (Å²) in [4.78, 5) is 76.8. The lowest BCUT2D eigenvalue weighted by molar-refractivity contribution is -0.142. The molecule has 0 aromatic heterocycles. The first kappa shape index (κ1) is 33.3. The lowest BCUT2D eigenvalue weighted by Crippen LogP contribution is -2.58. The van der Waals surface area contributed by atoms with Gasteiger partial charge in [0.2, 0.25) is 29.5 Å². The summed E-state index contributed by atoms with van der Waals surface area (Å²) in [5.74, 6) is -5.70. The van der Waals surface area contributed by atoms with Gasteiger partial charge in [-0.3, -0.25) is 29.0 Å². The number of nitrogens with two attached hydrogens (primary N) is 5. The molecule has 0 saturated heterocycles. The van der Waals surface area contributed by atoms with Crippen LogP contribution < -0.4 is 44.6 Å². The Labute approximate surface area is 230 Å². The van der Waals surface area contributed by atoms with Crippen molar-refractivity contribution in [2.24, 2.45) is 33.7 Å². The Balaban J connectivity index is 3.09. The van der Waals surface area contributed by atoms with Crippen LogP contribution in [-0.4, -0.2) is 77.3 Å². The third-order valence-electron chi connectivity index (χ3n) is 5.55. The minimum Gasteiger partial charge on any atom is -0.480 e. The molecule has 0 spiro atoms. The molecule has 0 heterocycles. The van der Waals surface area contributed by atoms with Crippen LogP contribution in [0.4, 0.5) is 0 Å². The normalized spacial score (nSPS) is 13.5. The maximum absolute atomic E-state index is 13.2. The van der Waals surface area contributed by atoms with Gasteiger partial charge < -0.3 is 49.7 Å². The Morgan fingerprint density at radius 3 is 1.90 bits per heavy atom. The second kappa shape index (κ2) is 17.0. The first-order valence-electron chi connectivity index (χ1n) is 12.4. The quantitative estimate of drug-likeness (QED) is 0.0478. The van der Waals surface area contributed by atoms with Crippen LogP contribution in [0.1, 0.15) is 37.7 Å². The maximum Gasteiger partial charge on any atom is 0.326 e. The highest BCUT2D eigenvalue weighted by molar-refractivity contribution is 5.96. The number of nitrogens with one attached hydrogen (secondary N) is 3. The molecule has 4 unspecified atom stereocenters. The highest BCUT2D eigenvalue weighted by Gasteiger charge is 2.31. The molecular formula is C24H37N9O7. The molecule has 5 amide bonds. The predicted molar refractivity (Wildman–Crippen MR) is 144 cm³/mol. The largest absolute Gasteiger partial charge is 0.480 e. The lowest BCUT2D eigenvalue weighted by atomic mass is 10.0. The summed E-state index contributed by atoms with van der Waals surface area (Å²) in [5, 5.41) is 16.7. The van der Waals surface area contributed by atoms with E-state index >= 15 is 0 Å². The molecule has 0 saturated carbocycles. The first-order chi connectivity index (χ1) is 18.8. The fourth-order valence-corrected chi connectivity index (χ4v) is 3.48. The summed E-state index contributed by atoms with van der Waals surface area (Å²) in [6.07, 6.45) is -0.723. The second-order valence-electron chi connectivity index (χ2n) is 8.94. The van der Waals surface area contributed by atoms with E-state index in [1.165, 1.54) is 0 Å². The Bertz CT molecular complexity index is 1080. The van der Waals surface area contributed by atoms with Gasteiger partial charge in [-0.05, 0) is 24.8 Å². The zero-order chi connectivity index (χ0) is 30.2. The third-order valence-corrected chi connectivity index (χ3v) is 5.55. The fourth-order valence-electron chi connectivity index (χ4n) is 3.48. The van der Waals surface area contributed by atoms with E-state index < -0.39 is 66.1 Å². The van der Waals surface area contributed by atoms with Gasteiger partial charge in [-0.15, -0.1) is 0 Å². The molecule has 0 aliphatic carbocycles. The van der Waals surface area contributed by atoms with Crippen molar-refractivity contribution in [1.29, 1.82) is 0 Å². The summed E-state index contributed by atoms with van der Waals surface area (Å²) in [7, 11) is 0. The van der Waals surface area contributed by atoms with Crippen molar-refractivity contribution in [3.8, 4) is 0 Å². The number of aliphatic imine (C=N–C) groups is 1. The van der Waals surface area contributed by atoms with Gasteiger partial charge in [0, 0.05) is 19.4 Å². The number of amides is 5. The number of carbonyl (C=O) groups is 6. The summed E-state index contributed by atoms with van der Waals surface area (Å²) in [6, 6.07) is 3.20. The molecule has 14 N–H and O–H groups in total. The number of guanidine groups is 1. The first-order valence-corrected chi connectivity index (χ1v) is 12.4. The van der Waals surface area contributed by atoms with Crippen LogP contribution in [0, 0.1) is 0 Å². The molecule has 0 aliphatic rings. The summed E-state index contributed by atoms with van der Waals surface area (Å²) in [6.45, 7) is 0.141. The maximum atomic E-state index is 13.2. The number of carbonyl (C=O) groups excluding carboxylic acids is 5. The van der Waals surface area contributed by atoms with E-state index in [4.69, 9.17) is 28.7 Å². The van der Waals surface area contributed by atoms with Crippen LogP contribution in [-0.2, 0) is 35.2 Å². The van der Waals surface area contributed by atoms with Crippen molar-refractivity contribution in [3.63, 3.8) is 0 Å². The van der Waals surface area contributed by atoms with Crippen molar-refractivity contribution in [3.05, 3.63) is 35.9 Å². The number of hydrogen-bond acceptors (Lipinski definition) is 8. The molecule has 16 nitrogen and oxygen atoms in total. The van der Waals surface area contributed by atoms with Gasteiger partial charge in [-0.2, -0.15) is 0 Å².